The molecule has 2 aromatic rings. The lowest BCUT2D eigenvalue weighted by Gasteiger charge is -2.08. The predicted molar refractivity (Wildman–Crippen MR) is 84.3 cm³/mol. The van der Waals surface area contributed by atoms with Gasteiger partial charge < -0.3 is 4.74 Å². The second-order valence-electron chi connectivity index (χ2n) is 5.31. The summed E-state index contributed by atoms with van der Waals surface area (Å²) in [4.78, 5) is 29.6. The highest BCUT2D eigenvalue weighted by molar-refractivity contribution is 7.20. The van der Waals surface area contributed by atoms with Crippen LogP contribution in [0.1, 0.15) is 42.4 Å². The Balaban J connectivity index is 2.27. The zero-order chi connectivity index (χ0) is 15.6. The minimum absolute atomic E-state index is 0.0215. The smallest absolute Gasteiger partial charge is 0.262 e. The highest BCUT2D eigenvalue weighted by Gasteiger charge is 2.16. The minimum Gasteiger partial charge on any atom is -0.379 e. The average molecular weight is 308 g/mol. The molecule has 0 atom stereocenters. The van der Waals surface area contributed by atoms with Crippen molar-refractivity contribution in [3.05, 3.63) is 27.1 Å². The van der Waals surface area contributed by atoms with Crippen LogP contribution in [0.25, 0.3) is 10.2 Å². The van der Waals surface area contributed by atoms with E-state index in [1.165, 1.54) is 18.3 Å². The number of fused-ring (bicyclic) bond motifs is 1. The minimum atomic E-state index is -0.0780. The van der Waals surface area contributed by atoms with Crippen LogP contribution in [0.3, 0.4) is 0 Å². The summed E-state index contributed by atoms with van der Waals surface area (Å²) in [5.74, 6) is -0.0215. The molecule has 0 aliphatic carbocycles. The number of thiophene rings is 1. The molecule has 114 valence electrons. The molecule has 5 nitrogen and oxygen atoms in total. The number of rotatable bonds is 6. The molecule has 2 heterocycles. The Hall–Kier alpha value is -1.53. The van der Waals surface area contributed by atoms with Gasteiger partial charge in [-0.3, -0.25) is 14.2 Å². The monoisotopic (exact) mass is 308 g/mol. The summed E-state index contributed by atoms with van der Waals surface area (Å²) in [5, 5.41) is 0.567. The van der Waals surface area contributed by atoms with Crippen molar-refractivity contribution in [3.63, 3.8) is 0 Å². The average Bonchev–Trinajstić information content (AvgIpc) is 2.75. The van der Waals surface area contributed by atoms with Gasteiger partial charge in [0.15, 0.2) is 5.78 Å². The van der Waals surface area contributed by atoms with Crippen molar-refractivity contribution in [3.8, 4) is 0 Å². The van der Waals surface area contributed by atoms with Gasteiger partial charge >= 0.3 is 0 Å². The summed E-state index contributed by atoms with van der Waals surface area (Å²) in [7, 11) is 0. The summed E-state index contributed by atoms with van der Waals surface area (Å²) >= 11 is 1.29. The maximum Gasteiger partial charge on any atom is 0.262 e. The zero-order valence-electron chi connectivity index (χ0n) is 12.8. The van der Waals surface area contributed by atoms with Crippen molar-refractivity contribution in [2.75, 3.05) is 6.61 Å². The van der Waals surface area contributed by atoms with Gasteiger partial charge in [-0.05, 0) is 39.7 Å². The molecule has 2 aromatic heterocycles. The van der Waals surface area contributed by atoms with Crippen molar-refractivity contribution in [1.82, 2.24) is 9.55 Å². The Bertz CT molecular complexity index is 716. The van der Waals surface area contributed by atoms with Crippen LogP contribution in [-0.2, 0) is 11.3 Å². The molecular formula is C15H20N2O3S. The molecule has 0 unspecified atom stereocenters. The van der Waals surface area contributed by atoms with Gasteiger partial charge in [0.25, 0.3) is 5.56 Å². The Morgan fingerprint density at radius 2 is 2.19 bits per heavy atom. The lowest BCUT2D eigenvalue weighted by Crippen LogP contribution is -2.21. The Morgan fingerprint density at radius 3 is 2.81 bits per heavy atom. The largest absolute Gasteiger partial charge is 0.379 e. The number of ether oxygens (including phenoxy) is 1. The van der Waals surface area contributed by atoms with Crippen LogP contribution in [0, 0.1) is 6.92 Å². The van der Waals surface area contributed by atoms with Crippen LogP contribution in [0.5, 0.6) is 0 Å². The van der Waals surface area contributed by atoms with Crippen molar-refractivity contribution < 1.29 is 9.53 Å². The first-order valence-corrected chi connectivity index (χ1v) is 7.84. The maximum absolute atomic E-state index is 12.5. The highest BCUT2D eigenvalue weighted by Crippen LogP contribution is 2.26. The third-order valence-corrected chi connectivity index (χ3v) is 4.53. The molecule has 0 bridgehead atoms. The molecule has 0 saturated carbocycles. The van der Waals surface area contributed by atoms with Gasteiger partial charge in [-0.15, -0.1) is 11.3 Å². The van der Waals surface area contributed by atoms with Crippen LogP contribution in [-0.4, -0.2) is 28.0 Å². The summed E-state index contributed by atoms with van der Waals surface area (Å²) < 4.78 is 7.06. The molecule has 0 spiro atoms. The van der Waals surface area contributed by atoms with Crippen molar-refractivity contribution in [1.29, 1.82) is 0 Å². The van der Waals surface area contributed by atoms with E-state index in [4.69, 9.17) is 4.74 Å². The van der Waals surface area contributed by atoms with E-state index >= 15 is 0 Å². The third-order valence-electron chi connectivity index (χ3n) is 3.23. The van der Waals surface area contributed by atoms with Crippen molar-refractivity contribution >= 4 is 27.3 Å². The first-order valence-electron chi connectivity index (χ1n) is 7.03. The van der Waals surface area contributed by atoms with Crippen LogP contribution in [0.15, 0.2) is 11.1 Å². The van der Waals surface area contributed by atoms with Gasteiger partial charge in [0.2, 0.25) is 0 Å². The summed E-state index contributed by atoms with van der Waals surface area (Å²) in [6, 6.07) is 0. The lowest BCUT2D eigenvalue weighted by molar-refractivity contribution is 0.0747. The fraction of sp³-hybridized carbons (Fsp3) is 0.533. The number of aryl methyl sites for hydroxylation is 2. The van der Waals surface area contributed by atoms with Gasteiger partial charge in [0.05, 0.1) is 22.7 Å². The van der Waals surface area contributed by atoms with Crippen molar-refractivity contribution in [2.24, 2.45) is 0 Å². The topological polar surface area (TPSA) is 61.2 Å². The summed E-state index contributed by atoms with van der Waals surface area (Å²) in [6.45, 7) is 8.47. The molecule has 0 N–H and O–H groups in total. The number of carbonyl (C=O) groups is 1. The van der Waals surface area contributed by atoms with Gasteiger partial charge in [-0.1, -0.05) is 0 Å². The van der Waals surface area contributed by atoms with Gasteiger partial charge in [0.1, 0.15) is 4.83 Å². The molecule has 0 aliphatic rings. The molecule has 6 heteroatoms. The molecule has 21 heavy (non-hydrogen) atoms. The number of aromatic nitrogens is 2. The van der Waals surface area contributed by atoms with Crippen LogP contribution < -0.4 is 5.56 Å². The number of hydrogen-bond acceptors (Lipinski definition) is 5. The maximum atomic E-state index is 12.5. The van der Waals surface area contributed by atoms with Gasteiger partial charge in [-0.25, -0.2) is 4.98 Å². The SMILES string of the molecule is CC(=O)c1sc2ncn(CCCOC(C)C)c(=O)c2c1C. The van der Waals surface area contributed by atoms with E-state index in [9.17, 15) is 9.59 Å². The van der Waals surface area contributed by atoms with E-state index < -0.39 is 0 Å². The second kappa shape index (κ2) is 6.49. The Kier molecular flexibility index (Phi) is 4.90. The number of nitrogens with zero attached hydrogens (tertiary/aromatic N) is 2. The first-order chi connectivity index (χ1) is 9.91. The summed E-state index contributed by atoms with van der Waals surface area (Å²) in [5.41, 5.74) is 0.665. The number of ketones is 1. The zero-order valence-corrected chi connectivity index (χ0v) is 13.6. The molecular weight excluding hydrogens is 288 g/mol. The molecule has 0 aromatic carbocycles. The van der Waals surface area contributed by atoms with E-state index in [2.05, 4.69) is 4.98 Å². The van der Waals surface area contributed by atoms with E-state index in [0.717, 1.165) is 12.0 Å². The lowest BCUT2D eigenvalue weighted by atomic mass is 10.2. The quantitative estimate of drug-likeness (QED) is 0.608. The number of Topliss-reactive ketones (excluding diaryl/α,β-unsaturated/α-hetero) is 1. The fourth-order valence-electron chi connectivity index (χ4n) is 2.21. The first kappa shape index (κ1) is 15.9. The van der Waals surface area contributed by atoms with E-state index in [-0.39, 0.29) is 17.4 Å². The van der Waals surface area contributed by atoms with E-state index in [1.807, 2.05) is 20.8 Å². The van der Waals surface area contributed by atoms with Crippen molar-refractivity contribution in [2.45, 2.75) is 46.8 Å². The van der Waals surface area contributed by atoms with Crippen LogP contribution >= 0.6 is 11.3 Å². The van der Waals surface area contributed by atoms with Crippen LogP contribution in [0.4, 0.5) is 0 Å². The molecule has 0 amide bonds. The fourth-order valence-corrected chi connectivity index (χ4v) is 3.24. The number of carbonyl (C=O) groups excluding carboxylic acids is 1. The standard InChI is InChI=1S/C15H20N2O3S/c1-9(2)20-7-5-6-17-8-16-14-12(15(17)19)10(3)13(21-14)11(4)18/h8-9H,5-7H2,1-4H3. The molecule has 2 rings (SSSR count). The van der Waals surface area contributed by atoms with E-state index in [0.29, 0.717) is 28.2 Å². The highest BCUT2D eigenvalue weighted by atomic mass is 32.1. The van der Waals surface area contributed by atoms with Crippen LogP contribution in [0.2, 0.25) is 0 Å². The Labute approximate surface area is 127 Å². The molecule has 0 fully saturated rings. The van der Waals surface area contributed by atoms with Gasteiger partial charge in [0, 0.05) is 13.2 Å². The number of hydrogen-bond donors (Lipinski definition) is 0. The molecule has 0 saturated heterocycles. The molecule has 0 radical (unpaired) electrons. The second-order valence-corrected chi connectivity index (χ2v) is 6.31. The van der Waals surface area contributed by atoms with E-state index in [1.54, 1.807) is 10.9 Å². The molecule has 0 aliphatic heterocycles. The predicted octanol–water partition coefficient (Wildman–Crippen LogP) is 2.78. The normalized spacial score (nSPS) is 11.5. The van der Waals surface area contributed by atoms with Gasteiger partial charge in [-0.2, -0.15) is 0 Å². The Morgan fingerprint density at radius 1 is 1.48 bits per heavy atom. The summed E-state index contributed by atoms with van der Waals surface area (Å²) in [6.07, 6.45) is 2.51. The third kappa shape index (κ3) is 3.39.